The van der Waals surface area contributed by atoms with E-state index in [0.717, 1.165) is 0 Å². The first-order chi connectivity index (χ1) is 11.2. The van der Waals surface area contributed by atoms with Gasteiger partial charge in [0.1, 0.15) is 4.90 Å². The molecule has 0 aliphatic heterocycles. The maximum Gasteiger partial charge on any atom is 0.244 e. The van der Waals surface area contributed by atoms with E-state index in [2.05, 4.69) is 20.2 Å². The van der Waals surface area contributed by atoms with Crippen molar-refractivity contribution in [3.8, 4) is 0 Å². The first-order valence-electron chi connectivity index (χ1n) is 7.13. The number of carbonyl (C=O) groups is 2. The van der Waals surface area contributed by atoms with Crippen molar-refractivity contribution in [3.05, 3.63) is 41.2 Å². The van der Waals surface area contributed by atoms with E-state index in [1.165, 1.54) is 6.92 Å². The molecular weight excluding hydrogens is 332 g/mol. The monoisotopic (exact) mass is 350 g/mol. The molecule has 9 heteroatoms. The topological polar surface area (TPSA) is 121 Å². The van der Waals surface area contributed by atoms with Crippen molar-refractivity contribution >= 4 is 27.4 Å². The van der Waals surface area contributed by atoms with Crippen molar-refractivity contribution in [2.24, 2.45) is 0 Å². The Morgan fingerprint density at radius 1 is 1.17 bits per heavy atom. The largest absolute Gasteiger partial charge is 0.325 e. The highest BCUT2D eigenvalue weighted by Crippen LogP contribution is 2.16. The molecule has 0 saturated carbocycles. The number of amides is 1. The van der Waals surface area contributed by atoms with Crippen molar-refractivity contribution < 1.29 is 18.0 Å². The van der Waals surface area contributed by atoms with Crippen LogP contribution in [0.2, 0.25) is 0 Å². The molecule has 0 fully saturated rings. The van der Waals surface area contributed by atoms with Crippen molar-refractivity contribution in [1.29, 1.82) is 0 Å². The van der Waals surface area contributed by atoms with Crippen molar-refractivity contribution in [2.75, 3.05) is 11.9 Å². The molecule has 3 N–H and O–H groups in total. The zero-order chi connectivity index (χ0) is 17.9. The van der Waals surface area contributed by atoms with Gasteiger partial charge in [-0.05, 0) is 45.0 Å². The van der Waals surface area contributed by atoms with E-state index in [1.54, 1.807) is 38.1 Å². The van der Waals surface area contributed by atoms with Gasteiger partial charge in [-0.25, -0.2) is 13.1 Å². The highest BCUT2D eigenvalue weighted by molar-refractivity contribution is 7.89. The summed E-state index contributed by atoms with van der Waals surface area (Å²) in [5, 5.41) is 8.97. The third-order valence-electron chi connectivity index (χ3n) is 3.33. The van der Waals surface area contributed by atoms with Crippen molar-refractivity contribution in [1.82, 2.24) is 14.9 Å². The summed E-state index contributed by atoms with van der Waals surface area (Å²) in [6.45, 7) is 4.18. The molecule has 1 aromatic carbocycles. The zero-order valence-electron chi connectivity index (χ0n) is 13.5. The van der Waals surface area contributed by atoms with Gasteiger partial charge in [0.25, 0.3) is 0 Å². The maximum absolute atomic E-state index is 12.2. The summed E-state index contributed by atoms with van der Waals surface area (Å²) in [4.78, 5) is 23.1. The van der Waals surface area contributed by atoms with Crippen LogP contribution in [0.1, 0.15) is 28.7 Å². The van der Waals surface area contributed by atoms with E-state index in [1.807, 2.05) is 0 Å². The number of rotatable bonds is 6. The average molecular weight is 350 g/mol. The Hall–Kier alpha value is -2.52. The predicted molar refractivity (Wildman–Crippen MR) is 88.3 cm³/mol. The second-order valence-electron chi connectivity index (χ2n) is 5.27. The van der Waals surface area contributed by atoms with E-state index >= 15 is 0 Å². The molecule has 128 valence electrons. The first-order valence-corrected chi connectivity index (χ1v) is 8.61. The lowest BCUT2D eigenvalue weighted by Gasteiger charge is -2.08. The van der Waals surface area contributed by atoms with Crippen LogP contribution >= 0.6 is 0 Å². The van der Waals surface area contributed by atoms with Gasteiger partial charge < -0.3 is 5.32 Å². The number of hydrogen-bond donors (Lipinski definition) is 3. The molecule has 2 rings (SSSR count). The average Bonchev–Trinajstić information content (AvgIpc) is 2.85. The molecule has 0 radical (unpaired) electrons. The molecule has 0 atom stereocenters. The van der Waals surface area contributed by atoms with Crippen LogP contribution in [0.5, 0.6) is 0 Å². The number of nitrogens with one attached hydrogen (secondary N) is 3. The van der Waals surface area contributed by atoms with E-state index in [-0.39, 0.29) is 10.7 Å². The van der Waals surface area contributed by atoms with Crippen LogP contribution in [0.3, 0.4) is 0 Å². The summed E-state index contributed by atoms with van der Waals surface area (Å²) in [5.74, 6) is -0.598. The molecule has 24 heavy (non-hydrogen) atoms. The number of nitrogens with zero attached hydrogens (tertiary/aromatic N) is 1. The quantitative estimate of drug-likeness (QED) is 0.675. The van der Waals surface area contributed by atoms with Crippen LogP contribution in [0, 0.1) is 13.8 Å². The second kappa shape index (κ2) is 6.93. The minimum atomic E-state index is -3.83. The predicted octanol–water partition coefficient (Wildman–Crippen LogP) is 1.15. The maximum atomic E-state index is 12.2. The molecule has 8 nitrogen and oxygen atoms in total. The summed E-state index contributed by atoms with van der Waals surface area (Å²) in [7, 11) is -3.83. The molecule has 1 amide bonds. The van der Waals surface area contributed by atoms with Gasteiger partial charge in [0.05, 0.1) is 17.9 Å². The molecule has 0 bridgehead atoms. The zero-order valence-corrected chi connectivity index (χ0v) is 14.3. The van der Waals surface area contributed by atoms with Crippen LogP contribution in [0.4, 0.5) is 5.69 Å². The fourth-order valence-electron chi connectivity index (χ4n) is 2.16. The van der Waals surface area contributed by atoms with Crippen LogP contribution in [-0.2, 0) is 14.8 Å². The lowest BCUT2D eigenvalue weighted by atomic mass is 10.1. The van der Waals surface area contributed by atoms with Gasteiger partial charge >= 0.3 is 0 Å². The van der Waals surface area contributed by atoms with Gasteiger partial charge in [-0.15, -0.1) is 0 Å². The molecule has 0 saturated heterocycles. The normalized spacial score (nSPS) is 11.3. The molecular formula is C15H18N4O4S. The van der Waals surface area contributed by atoms with Crippen LogP contribution in [0.15, 0.2) is 29.2 Å². The number of aromatic amines is 1. The number of benzene rings is 1. The Kier molecular flexibility index (Phi) is 5.15. The fraction of sp³-hybridized carbons (Fsp3) is 0.267. The number of anilines is 1. The first kappa shape index (κ1) is 17.8. The number of aryl methyl sites for hydroxylation is 2. The summed E-state index contributed by atoms with van der Waals surface area (Å²) >= 11 is 0. The van der Waals surface area contributed by atoms with Crippen LogP contribution in [0.25, 0.3) is 0 Å². The number of aromatic nitrogens is 2. The second-order valence-corrected chi connectivity index (χ2v) is 6.97. The smallest absolute Gasteiger partial charge is 0.244 e. The number of Topliss-reactive ketones (excluding diaryl/α,β-unsaturated/α-hetero) is 1. The van der Waals surface area contributed by atoms with E-state index in [9.17, 15) is 18.0 Å². The number of carbonyl (C=O) groups excluding carboxylic acids is 2. The minimum Gasteiger partial charge on any atom is -0.325 e. The van der Waals surface area contributed by atoms with Gasteiger partial charge in [0, 0.05) is 11.3 Å². The highest BCUT2D eigenvalue weighted by Gasteiger charge is 2.22. The Balaban J connectivity index is 1.99. The lowest BCUT2D eigenvalue weighted by Crippen LogP contribution is -2.33. The van der Waals surface area contributed by atoms with Gasteiger partial charge in [-0.2, -0.15) is 5.10 Å². The number of ketones is 1. The van der Waals surface area contributed by atoms with Crippen molar-refractivity contribution in [2.45, 2.75) is 25.7 Å². The summed E-state index contributed by atoms with van der Waals surface area (Å²) in [5.41, 5.74) is 1.74. The molecule has 1 heterocycles. The standard InChI is InChI=1S/C15H18N4O4S/c1-9-15(10(2)19-18-9)24(22,23)16-8-14(21)17-13-6-4-12(5-7-13)11(3)20/h4-7,16H,8H2,1-3H3,(H,17,21)(H,18,19). The van der Waals surface area contributed by atoms with Gasteiger partial charge in [0.2, 0.25) is 15.9 Å². The third kappa shape index (κ3) is 4.06. The Labute approximate surface area is 139 Å². The number of hydrogen-bond acceptors (Lipinski definition) is 5. The Morgan fingerprint density at radius 3 is 2.29 bits per heavy atom. The Bertz CT molecular complexity index is 850. The number of sulfonamides is 1. The van der Waals surface area contributed by atoms with Crippen LogP contribution in [-0.4, -0.2) is 36.9 Å². The number of H-pyrrole nitrogens is 1. The molecule has 0 aliphatic rings. The highest BCUT2D eigenvalue weighted by atomic mass is 32.2. The van der Waals surface area contributed by atoms with Gasteiger partial charge in [-0.3, -0.25) is 14.7 Å². The van der Waals surface area contributed by atoms with Gasteiger partial charge in [0.15, 0.2) is 5.78 Å². The van der Waals surface area contributed by atoms with E-state index < -0.39 is 22.5 Å². The van der Waals surface area contributed by atoms with Gasteiger partial charge in [-0.1, -0.05) is 0 Å². The summed E-state index contributed by atoms with van der Waals surface area (Å²) < 4.78 is 26.7. The SMILES string of the molecule is CC(=O)c1ccc(NC(=O)CNS(=O)(=O)c2c(C)n[nH]c2C)cc1. The molecule has 1 aromatic heterocycles. The Morgan fingerprint density at radius 2 is 1.79 bits per heavy atom. The molecule has 0 spiro atoms. The summed E-state index contributed by atoms with van der Waals surface area (Å²) in [6, 6.07) is 6.32. The minimum absolute atomic E-state index is 0.0427. The fourth-order valence-corrected chi connectivity index (χ4v) is 3.51. The van der Waals surface area contributed by atoms with E-state index in [4.69, 9.17) is 0 Å². The summed E-state index contributed by atoms with van der Waals surface area (Å²) in [6.07, 6.45) is 0. The van der Waals surface area contributed by atoms with Crippen LogP contribution < -0.4 is 10.0 Å². The lowest BCUT2D eigenvalue weighted by molar-refractivity contribution is -0.115. The molecule has 0 unspecified atom stereocenters. The third-order valence-corrected chi connectivity index (χ3v) is 4.99. The molecule has 0 aliphatic carbocycles. The molecule has 2 aromatic rings. The van der Waals surface area contributed by atoms with E-state index in [0.29, 0.717) is 22.6 Å². The van der Waals surface area contributed by atoms with Crippen molar-refractivity contribution in [3.63, 3.8) is 0 Å².